The Morgan fingerprint density at radius 3 is 2.76 bits per heavy atom. The third kappa shape index (κ3) is 5.84. The lowest BCUT2D eigenvalue weighted by Crippen LogP contribution is -2.35. The van der Waals surface area contributed by atoms with Crippen LogP contribution in [0.1, 0.15) is 52.4 Å². The lowest BCUT2D eigenvalue weighted by atomic mass is 9.85. The average Bonchev–Trinajstić information content (AvgIpc) is 2.37. The molecule has 3 nitrogen and oxygen atoms in total. The van der Waals surface area contributed by atoms with E-state index in [0.717, 1.165) is 13.0 Å². The summed E-state index contributed by atoms with van der Waals surface area (Å²) in [5.41, 5.74) is 0. The fourth-order valence-corrected chi connectivity index (χ4v) is 2.60. The Hall–Kier alpha value is -0.120. The van der Waals surface area contributed by atoms with Gasteiger partial charge in [-0.1, -0.05) is 33.1 Å². The molecule has 0 aromatic rings. The van der Waals surface area contributed by atoms with Gasteiger partial charge in [-0.05, 0) is 31.7 Å². The molecule has 1 aliphatic rings. The van der Waals surface area contributed by atoms with Gasteiger partial charge in [-0.3, -0.25) is 0 Å². The van der Waals surface area contributed by atoms with Crippen molar-refractivity contribution in [2.45, 2.75) is 64.6 Å². The van der Waals surface area contributed by atoms with E-state index in [4.69, 9.17) is 4.74 Å². The number of hydrogen-bond acceptors (Lipinski definition) is 3. The maximum atomic E-state index is 9.78. The van der Waals surface area contributed by atoms with Crippen LogP contribution >= 0.6 is 0 Å². The Bertz CT molecular complexity index is 187. The summed E-state index contributed by atoms with van der Waals surface area (Å²) in [5, 5.41) is 13.0. The van der Waals surface area contributed by atoms with Gasteiger partial charge in [0.1, 0.15) is 0 Å². The lowest BCUT2D eigenvalue weighted by Gasteiger charge is -2.31. The second-order valence-corrected chi connectivity index (χ2v) is 5.18. The van der Waals surface area contributed by atoms with Crippen LogP contribution in [0.4, 0.5) is 0 Å². The molecule has 102 valence electrons. The molecule has 17 heavy (non-hydrogen) atoms. The molecule has 0 bridgehead atoms. The molecule has 0 saturated heterocycles. The van der Waals surface area contributed by atoms with Crippen LogP contribution in [0.3, 0.4) is 0 Å². The number of nitrogens with one attached hydrogen (secondary N) is 1. The van der Waals surface area contributed by atoms with E-state index in [2.05, 4.69) is 19.2 Å². The smallest absolute Gasteiger partial charge is 0.0897 e. The minimum atomic E-state index is -0.360. The Kier molecular flexibility index (Phi) is 7.82. The topological polar surface area (TPSA) is 41.5 Å². The zero-order valence-corrected chi connectivity index (χ0v) is 11.5. The van der Waals surface area contributed by atoms with Gasteiger partial charge in [-0.15, -0.1) is 0 Å². The third-order valence-electron chi connectivity index (χ3n) is 3.67. The second-order valence-electron chi connectivity index (χ2n) is 5.18. The van der Waals surface area contributed by atoms with Crippen molar-refractivity contribution in [1.82, 2.24) is 5.32 Å². The Morgan fingerprint density at radius 1 is 1.29 bits per heavy atom. The number of hydrogen-bond donors (Lipinski definition) is 2. The molecule has 0 aliphatic heterocycles. The zero-order valence-electron chi connectivity index (χ0n) is 11.5. The summed E-state index contributed by atoms with van der Waals surface area (Å²) in [7, 11) is 0. The maximum Gasteiger partial charge on any atom is 0.0897 e. The maximum absolute atomic E-state index is 9.78. The van der Waals surface area contributed by atoms with Crippen LogP contribution in [0.25, 0.3) is 0 Å². The number of aliphatic hydroxyl groups is 1. The molecular weight excluding hydrogens is 214 g/mol. The molecular formula is C14H29NO2. The molecule has 3 heteroatoms. The van der Waals surface area contributed by atoms with Crippen LogP contribution in [0, 0.1) is 5.92 Å². The molecule has 0 amide bonds. The van der Waals surface area contributed by atoms with Gasteiger partial charge in [-0.25, -0.2) is 0 Å². The fraction of sp³-hybridized carbons (Fsp3) is 1.00. The average molecular weight is 243 g/mol. The molecule has 0 aromatic carbocycles. The Morgan fingerprint density at radius 2 is 2.06 bits per heavy atom. The highest BCUT2D eigenvalue weighted by Gasteiger charge is 2.24. The number of aliphatic hydroxyl groups excluding tert-OH is 1. The van der Waals surface area contributed by atoms with Crippen LogP contribution in [0.5, 0.6) is 0 Å². The van der Waals surface area contributed by atoms with Gasteiger partial charge in [0, 0.05) is 6.54 Å². The standard InChI is InChI=1S/C14H29NO2/c1-3-9-15-10-13(16)11-17-14-8-6-5-7-12(14)4-2/h12-16H,3-11H2,1-2H3/t12-,13+,14-/m1/s1. The van der Waals surface area contributed by atoms with Crippen LogP contribution in [-0.4, -0.2) is 37.0 Å². The molecule has 1 saturated carbocycles. The van der Waals surface area contributed by atoms with Gasteiger partial charge in [0.15, 0.2) is 0 Å². The van der Waals surface area contributed by atoms with Crippen LogP contribution < -0.4 is 5.32 Å². The predicted molar refractivity (Wildman–Crippen MR) is 71.2 cm³/mol. The molecule has 0 radical (unpaired) electrons. The van der Waals surface area contributed by atoms with Crippen molar-refractivity contribution in [3.63, 3.8) is 0 Å². The van der Waals surface area contributed by atoms with Gasteiger partial charge >= 0.3 is 0 Å². The van der Waals surface area contributed by atoms with Crippen LogP contribution in [-0.2, 0) is 4.74 Å². The fourth-order valence-electron chi connectivity index (χ4n) is 2.60. The first-order chi connectivity index (χ1) is 8.27. The molecule has 0 unspecified atom stereocenters. The summed E-state index contributed by atoms with van der Waals surface area (Å²) in [6.45, 7) is 6.47. The summed E-state index contributed by atoms with van der Waals surface area (Å²) in [6, 6.07) is 0. The summed E-state index contributed by atoms with van der Waals surface area (Å²) in [5.74, 6) is 0.708. The molecule has 1 fully saturated rings. The van der Waals surface area contributed by atoms with Crippen molar-refractivity contribution >= 4 is 0 Å². The van der Waals surface area contributed by atoms with Gasteiger partial charge in [-0.2, -0.15) is 0 Å². The number of ether oxygens (including phenoxy) is 1. The Labute approximate surface area is 106 Å². The lowest BCUT2D eigenvalue weighted by molar-refractivity contribution is -0.0498. The van der Waals surface area contributed by atoms with Crippen molar-refractivity contribution in [2.24, 2.45) is 5.92 Å². The Balaban J connectivity index is 2.14. The van der Waals surface area contributed by atoms with Crippen LogP contribution in [0.15, 0.2) is 0 Å². The molecule has 1 aliphatic carbocycles. The highest BCUT2D eigenvalue weighted by molar-refractivity contribution is 4.75. The van der Waals surface area contributed by atoms with Gasteiger partial charge in [0.05, 0.1) is 18.8 Å². The van der Waals surface area contributed by atoms with Gasteiger partial charge in [0.2, 0.25) is 0 Å². The summed E-state index contributed by atoms with van der Waals surface area (Å²) in [4.78, 5) is 0. The molecule has 1 rings (SSSR count). The summed E-state index contributed by atoms with van der Waals surface area (Å²) < 4.78 is 5.89. The van der Waals surface area contributed by atoms with E-state index in [9.17, 15) is 5.11 Å². The molecule has 3 atom stereocenters. The van der Waals surface area contributed by atoms with Crippen molar-refractivity contribution in [1.29, 1.82) is 0 Å². The van der Waals surface area contributed by atoms with Crippen molar-refractivity contribution in [2.75, 3.05) is 19.7 Å². The van der Waals surface area contributed by atoms with Crippen molar-refractivity contribution < 1.29 is 9.84 Å². The quantitative estimate of drug-likeness (QED) is 0.643. The van der Waals surface area contributed by atoms with E-state index >= 15 is 0 Å². The minimum Gasteiger partial charge on any atom is -0.389 e. The first-order valence-corrected chi connectivity index (χ1v) is 7.28. The van der Waals surface area contributed by atoms with Crippen molar-refractivity contribution in [3.8, 4) is 0 Å². The normalized spacial score (nSPS) is 27.0. The van der Waals surface area contributed by atoms with E-state index in [1.54, 1.807) is 0 Å². The largest absolute Gasteiger partial charge is 0.389 e. The SMILES string of the molecule is CCCNC[C@H](O)CO[C@@H]1CCCC[C@H]1CC. The van der Waals surface area contributed by atoms with Gasteiger partial charge < -0.3 is 15.2 Å². The first-order valence-electron chi connectivity index (χ1n) is 7.28. The zero-order chi connectivity index (χ0) is 12.5. The summed E-state index contributed by atoms with van der Waals surface area (Å²) in [6.07, 6.45) is 7.43. The third-order valence-corrected chi connectivity index (χ3v) is 3.67. The van der Waals surface area contributed by atoms with E-state index in [-0.39, 0.29) is 6.10 Å². The molecule has 0 heterocycles. The number of rotatable bonds is 8. The van der Waals surface area contributed by atoms with E-state index in [1.165, 1.54) is 32.1 Å². The molecule has 0 spiro atoms. The molecule has 2 N–H and O–H groups in total. The van der Waals surface area contributed by atoms with Crippen molar-refractivity contribution in [3.05, 3.63) is 0 Å². The monoisotopic (exact) mass is 243 g/mol. The first kappa shape index (κ1) is 14.9. The predicted octanol–water partition coefficient (Wildman–Crippen LogP) is 2.33. The van der Waals surface area contributed by atoms with Gasteiger partial charge in [0.25, 0.3) is 0 Å². The minimum absolute atomic E-state index is 0.360. The highest BCUT2D eigenvalue weighted by atomic mass is 16.5. The van der Waals surface area contributed by atoms with E-state index in [0.29, 0.717) is 25.2 Å². The second kappa shape index (κ2) is 8.90. The summed E-state index contributed by atoms with van der Waals surface area (Å²) >= 11 is 0. The highest BCUT2D eigenvalue weighted by Crippen LogP contribution is 2.29. The van der Waals surface area contributed by atoms with Crippen LogP contribution in [0.2, 0.25) is 0 Å². The van der Waals surface area contributed by atoms with E-state index in [1.807, 2.05) is 0 Å². The molecule has 0 aromatic heterocycles. The van der Waals surface area contributed by atoms with E-state index < -0.39 is 0 Å².